The Balaban J connectivity index is 1.08. The second kappa shape index (κ2) is 13.6. The molecule has 2 aliphatic heterocycles. The third kappa shape index (κ3) is 6.79. The third-order valence-electron chi connectivity index (χ3n) is 10.4. The fourth-order valence-electron chi connectivity index (χ4n) is 7.48. The molecule has 51 heavy (non-hydrogen) atoms. The summed E-state index contributed by atoms with van der Waals surface area (Å²) in [6, 6.07) is 19.7. The number of aliphatic hydroxyl groups is 1. The Morgan fingerprint density at radius 3 is 2.35 bits per heavy atom. The van der Waals surface area contributed by atoms with E-state index in [2.05, 4.69) is 9.97 Å². The van der Waals surface area contributed by atoms with Gasteiger partial charge in [-0.15, -0.1) is 0 Å². The summed E-state index contributed by atoms with van der Waals surface area (Å²) in [7, 11) is 1.82. The monoisotopic (exact) mass is 688 g/mol. The molecule has 0 radical (unpaired) electrons. The molecule has 5 heterocycles. The first-order valence-electron chi connectivity index (χ1n) is 17.2. The van der Waals surface area contributed by atoms with Crippen LogP contribution in [0, 0.1) is 12.8 Å². The third-order valence-corrected chi connectivity index (χ3v) is 10.4. The van der Waals surface area contributed by atoms with Crippen LogP contribution < -0.4 is 5.56 Å². The number of aromatic nitrogens is 4. The van der Waals surface area contributed by atoms with Crippen molar-refractivity contribution in [1.29, 1.82) is 0 Å². The fourth-order valence-corrected chi connectivity index (χ4v) is 7.48. The van der Waals surface area contributed by atoms with Crippen LogP contribution >= 0.6 is 0 Å². The van der Waals surface area contributed by atoms with Crippen LogP contribution in [0.5, 0.6) is 0 Å². The van der Waals surface area contributed by atoms with Gasteiger partial charge in [-0.05, 0) is 67.6 Å². The first-order chi connectivity index (χ1) is 24.5. The quantitative estimate of drug-likeness (QED) is 0.260. The summed E-state index contributed by atoms with van der Waals surface area (Å²) < 4.78 is 3.23. The van der Waals surface area contributed by atoms with Crippen molar-refractivity contribution < 1.29 is 24.6 Å². The molecule has 0 spiro atoms. The van der Waals surface area contributed by atoms with Gasteiger partial charge in [-0.3, -0.25) is 23.9 Å². The molecule has 12 heteroatoms. The lowest BCUT2D eigenvalue weighted by Gasteiger charge is -2.43. The van der Waals surface area contributed by atoms with Crippen molar-refractivity contribution in [2.75, 3.05) is 26.2 Å². The number of nitrogens with zero attached hydrogens (tertiary/aromatic N) is 6. The zero-order valence-corrected chi connectivity index (χ0v) is 28.6. The molecule has 0 aliphatic carbocycles. The SMILES string of the molecule is Cc1ccc(-c2cc(C(=O)O)cc(C(=O)N3CC[C@@H](C(=O)N4CCC(O)(Cn5cnc6c(ccn6C)c5=O)CC4)[C@H](c4ccccc4)C3)c2)cn1. The number of amides is 2. The Morgan fingerprint density at radius 1 is 0.902 bits per heavy atom. The predicted molar refractivity (Wildman–Crippen MR) is 190 cm³/mol. The van der Waals surface area contributed by atoms with Crippen LogP contribution in [-0.4, -0.2) is 88.7 Å². The molecule has 5 aromatic rings. The highest BCUT2D eigenvalue weighted by molar-refractivity contribution is 5.99. The van der Waals surface area contributed by atoms with Gasteiger partial charge in [-0.2, -0.15) is 0 Å². The highest BCUT2D eigenvalue weighted by atomic mass is 16.4. The van der Waals surface area contributed by atoms with Crippen LogP contribution in [0.2, 0.25) is 0 Å². The Bertz CT molecular complexity index is 2170. The van der Waals surface area contributed by atoms with Gasteiger partial charge in [-0.25, -0.2) is 9.78 Å². The van der Waals surface area contributed by atoms with Crippen molar-refractivity contribution in [3.8, 4) is 11.1 Å². The molecule has 2 saturated heterocycles. The van der Waals surface area contributed by atoms with E-state index in [1.165, 1.54) is 17.0 Å². The van der Waals surface area contributed by atoms with E-state index >= 15 is 0 Å². The molecule has 3 aromatic heterocycles. The minimum absolute atomic E-state index is 0.00732. The number of aryl methyl sites for hydroxylation is 2. The van der Waals surface area contributed by atoms with Crippen molar-refractivity contribution in [1.82, 2.24) is 28.9 Å². The van der Waals surface area contributed by atoms with Crippen molar-refractivity contribution in [2.24, 2.45) is 13.0 Å². The second-order valence-corrected chi connectivity index (χ2v) is 13.8. The maximum Gasteiger partial charge on any atom is 0.335 e. The van der Waals surface area contributed by atoms with E-state index in [1.54, 1.807) is 45.0 Å². The number of rotatable bonds is 7. The van der Waals surface area contributed by atoms with Gasteiger partial charge in [0.1, 0.15) is 12.0 Å². The number of carbonyl (C=O) groups excluding carboxylic acids is 2. The van der Waals surface area contributed by atoms with Gasteiger partial charge in [-0.1, -0.05) is 36.4 Å². The number of piperidine rings is 2. The zero-order valence-electron chi connectivity index (χ0n) is 28.6. The number of pyridine rings is 1. The first-order valence-corrected chi connectivity index (χ1v) is 17.2. The topological polar surface area (TPSA) is 151 Å². The van der Waals surface area contributed by atoms with Crippen molar-refractivity contribution in [3.05, 3.63) is 118 Å². The maximum absolute atomic E-state index is 14.2. The molecule has 0 saturated carbocycles. The number of carbonyl (C=O) groups is 3. The lowest BCUT2D eigenvalue weighted by atomic mass is 9.79. The van der Waals surface area contributed by atoms with Gasteiger partial charge in [0.15, 0.2) is 0 Å². The van der Waals surface area contributed by atoms with Gasteiger partial charge in [0.25, 0.3) is 11.5 Å². The average Bonchev–Trinajstić information content (AvgIpc) is 3.53. The van der Waals surface area contributed by atoms with Crippen LogP contribution in [0.25, 0.3) is 22.2 Å². The molecular formula is C39H40N6O6. The Hall–Kier alpha value is -5.62. The van der Waals surface area contributed by atoms with Crippen LogP contribution in [0.1, 0.15) is 57.2 Å². The molecule has 7 rings (SSSR count). The van der Waals surface area contributed by atoms with E-state index in [0.29, 0.717) is 61.1 Å². The molecule has 2 aliphatic rings. The Labute approximate surface area is 294 Å². The number of likely N-dealkylation sites (tertiary alicyclic amines) is 2. The van der Waals surface area contributed by atoms with E-state index in [9.17, 15) is 29.4 Å². The molecule has 2 atom stereocenters. The van der Waals surface area contributed by atoms with Crippen LogP contribution in [0.15, 0.2) is 90.2 Å². The smallest absolute Gasteiger partial charge is 0.335 e. The van der Waals surface area contributed by atoms with Crippen LogP contribution in [-0.2, 0) is 18.4 Å². The van der Waals surface area contributed by atoms with E-state index in [0.717, 1.165) is 11.3 Å². The van der Waals surface area contributed by atoms with E-state index in [4.69, 9.17) is 0 Å². The van der Waals surface area contributed by atoms with Gasteiger partial charge >= 0.3 is 5.97 Å². The Morgan fingerprint density at radius 2 is 1.65 bits per heavy atom. The van der Waals surface area contributed by atoms with Crippen LogP contribution in [0.3, 0.4) is 0 Å². The molecule has 2 aromatic carbocycles. The van der Waals surface area contributed by atoms with E-state index in [-0.39, 0.29) is 47.5 Å². The number of hydrogen-bond acceptors (Lipinski definition) is 7. The lowest BCUT2D eigenvalue weighted by Crippen LogP contribution is -2.53. The summed E-state index contributed by atoms with van der Waals surface area (Å²) in [4.78, 5) is 65.7. The summed E-state index contributed by atoms with van der Waals surface area (Å²) in [5.74, 6) is -2.14. The van der Waals surface area contributed by atoms with Gasteiger partial charge in [0, 0.05) is 74.3 Å². The molecule has 2 amide bonds. The van der Waals surface area contributed by atoms with Crippen molar-refractivity contribution in [2.45, 2.75) is 44.2 Å². The van der Waals surface area contributed by atoms with Gasteiger partial charge in [0.05, 0.1) is 23.1 Å². The minimum Gasteiger partial charge on any atom is -0.478 e. The van der Waals surface area contributed by atoms with Crippen LogP contribution in [0.4, 0.5) is 0 Å². The van der Waals surface area contributed by atoms with Crippen molar-refractivity contribution >= 4 is 28.8 Å². The summed E-state index contributed by atoms with van der Waals surface area (Å²) in [6.07, 6.45) is 5.96. The minimum atomic E-state index is -1.17. The lowest BCUT2D eigenvalue weighted by molar-refractivity contribution is -0.142. The first kappa shape index (κ1) is 33.9. The number of carboxylic acid groups (broad SMARTS) is 1. The standard InChI is InChI=1S/C39H40N6O6/c1-25-8-9-27(21-40-25)28-18-29(20-30(19-28)38(49)50)35(46)44-15-11-31(33(22-44)26-6-4-3-5-7-26)36(47)43-16-12-39(51,13-17-43)23-45-24-41-34-32(37(45)48)10-14-42(34)2/h3-10,14,18-21,24,31,33,51H,11-13,15-17,22-23H2,1-2H3,(H,49,50)/t31-,33+/m1/s1. The summed E-state index contributed by atoms with van der Waals surface area (Å²) in [5.41, 5.74) is 2.53. The molecular weight excluding hydrogens is 648 g/mol. The highest BCUT2D eigenvalue weighted by Gasteiger charge is 2.42. The van der Waals surface area contributed by atoms with E-state index in [1.807, 2.05) is 56.4 Å². The number of carboxylic acids is 1. The highest BCUT2D eigenvalue weighted by Crippen LogP contribution is 2.36. The van der Waals surface area contributed by atoms with E-state index < -0.39 is 17.5 Å². The zero-order chi connectivity index (χ0) is 35.9. The maximum atomic E-state index is 14.2. The number of aromatic carboxylic acids is 1. The largest absolute Gasteiger partial charge is 0.478 e. The fraction of sp³-hybridized carbons (Fsp3) is 0.333. The predicted octanol–water partition coefficient (Wildman–Crippen LogP) is 4.10. The summed E-state index contributed by atoms with van der Waals surface area (Å²) in [5, 5.41) is 21.9. The molecule has 0 unspecified atom stereocenters. The summed E-state index contributed by atoms with van der Waals surface area (Å²) in [6.45, 7) is 3.24. The van der Waals surface area contributed by atoms with Crippen molar-refractivity contribution in [3.63, 3.8) is 0 Å². The molecule has 12 nitrogen and oxygen atoms in total. The molecule has 2 fully saturated rings. The number of hydrogen-bond donors (Lipinski definition) is 2. The molecule has 262 valence electrons. The normalized spacial score (nSPS) is 18.9. The Kier molecular flexibility index (Phi) is 9.02. The second-order valence-electron chi connectivity index (χ2n) is 13.8. The van der Waals surface area contributed by atoms with Gasteiger partial charge in [0.2, 0.25) is 5.91 Å². The summed E-state index contributed by atoms with van der Waals surface area (Å²) >= 11 is 0. The molecule has 0 bridgehead atoms. The number of benzene rings is 2. The average molecular weight is 689 g/mol. The van der Waals surface area contributed by atoms with Gasteiger partial charge < -0.3 is 24.6 Å². The molecule has 2 N–H and O–H groups in total. The number of fused-ring (bicyclic) bond motifs is 1.